The van der Waals surface area contributed by atoms with Crippen LogP contribution < -0.4 is 5.73 Å². The van der Waals surface area contributed by atoms with Gasteiger partial charge in [0.15, 0.2) is 5.82 Å². The summed E-state index contributed by atoms with van der Waals surface area (Å²) in [6.07, 6.45) is 1.30. The van der Waals surface area contributed by atoms with E-state index in [4.69, 9.17) is 10.8 Å². The third-order valence-electron chi connectivity index (χ3n) is 2.24. The van der Waals surface area contributed by atoms with Gasteiger partial charge in [0.25, 0.3) is 0 Å². The quantitative estimate of drug-likeness (QED) is 0.784. The molecule has 0 bridgehead atoms. The molecule has 88 valence electrons. The molecule has 7 nitrogen and oxygen atoms in total. The first-order valence-electron chi connectivity index (χ1n) is 4.88. The van der Waals surface area contributed by atoms with Gasteiger partial charge >= 0.3 is 5.97 Å². The highest BCUT2D eigenvalue weighted by atomic mass is 16.4. The fraction of sp³-hybridized carbons (Fsp3) is 0.200. The lowest BCUT2D eigenvalue weighted by atomic mass is 10.2. The summed E-state index contributed by atoms with van der Waals surface area (Å²) in [6, 6.07) is 1.37. The molecule has 0 radical (unpaired) electrons. The third-order valence-corrected chi connectivity index (χ3v) is 2.24. The van der Waals surface area contributed by atoms with Crippen molar-refractivity contribution in [2.45, 2.75) is 13.8 Å². The van der Waals surface area contributed by atoms with Crippen molar-refractivity contribution in [1.82, 2.24) is 19.7 Å². The number of nitrogens with zero attached hydrogens (tertiary/aromatic N) is 4. The fourth-order valence-corrected chi connectivity index (χ4v) is 1.49. The Hall–Kier alpha value is -2.44. The minimum absolute atomic E-state index is 0.00236. The van der Waals surface area contributed by atoms with Crippen LogP contribution >= 0.6 is 0 Å². The molecular formula is C10H11N5O2. The van der Waals surface area contributed by atoms with E-state index < -0.39 is 5.97 Å². The zero-order valence-corrected chi connectivity index (χ0v) is 9.38. The SMILES string of the molecule is Cc1nc(C)n(-c2cc(C(=O)O)c(N)cn2)n1. The highest BCUT2D eigenvalue weighted by Gasteiger charge is 2.13. The summed E-state index contributed by atoms with van der Waals surface area (Å²) in [4.78, 5) is 19.1. The lowest BCUT2D eigenvalue weighted by molar-refractivity contribution is 0.0698. The molecule has 2 aromatic rings. The van der Waals surface area contributed by atoms with Crippen molar-refractivity contribution in [2.24, 2.45) is 0 Å². The van der Waals surface area contributed by atoms with Crippen LogP contribution in [-0.4, -0.2) is 30.8 Å². The number of aromatic carboxylic acids is 1. The number of carbonyl (C=O) groups is 1. The van der Waals surface area contributed by atoms with Crippen LogP contribution in [0.3, 0.4) is 0 Å². The summed E-state index contributed by atoms with van der Waals surface area (Å²) in [5, 5.41) is 13.1. The molecule has 0 unspecified atom stereocenters. The molecule has 0 fully saturated rings. The molecule has 0 aliphatic heterocycles. The van der Waals surface area contributed by atoms with Gasteiger partial charge < -0.3 is 10.8 Å². The molecule has 0 spiro atoms. The van der Waals surface area contributed by atoms with Gasteiger partial charge in [-0.25, -0.2) is 14.8 Å². The molecule has 2 rings (SSSR count). The Morgan fingerprint density at radius 2 is 2.18 bits per heavy atom. The van der Waals surface area contributed by atoms with Crippen LogP contribution in [-0.2, 0) is 0 Å². The molecule has 17 heavy (non-hydrogen) atoms. The van der Waals surface area contributed by atoms with Crippen molar-refractivity contribution in [3.63, 3.8) is 0 Å². The highest BCUT2D eigenvalue weighted by Crippen LogP contribution is 2.15. The maximum atomic E-state index is 10.9. The maximum absolute atomic E-state index is 10.9. The van der Waals surface area contributed by atoms with Crippen LogP contribution in [0.1, 0.15) is 22.0 Å². The van der Waals surface area contributed by atoms with Gasteiger partial charge in [0.2, 0.25) is 0 Å². The van der Waals surface area contributed by atoms with Gasteiger partial charge in [0.05, 0.1) is 17.4 Å². The summed E-state index contributed by atoms with van der Waals surface area (Å²) in [7, 11) is 0. The molecule has 0 amide bonds. The lowest BCUT2D eigenvalue weighted by Crippen LogP contribution is -2.08. The minimum Gasteiger partial charge on any atom is -0.478 e. The summed E-state index contributed by atoms with van der Waals surface area (Å²) >= 11 is 0. The van der Waals surface area contributed by atoms with E-state index in [1.54, 1.807) is 13.8 Å². The Bertz CT molecular complexity index is 590. The van der Waals surface area contributed by atoms with Crippen molar-refractivity contribution in [3.8, 4) is 5.82 Å². The zero-order chi connectivity index (χ0) is 12.6. The number of nitrogen functional groups attached to an aromatic ring is 1. The molecule has 0 aliphatic rings. The van der Waals surface area contributed by atoms with Gasteiger partial charge in [-0.05, 0) is 19.9 Å². The number of aromatic nitrogens is 4. The molecule has 0 aliphatic carbocycles. The molecule has 0 aromatic carbocycles. The number of carboxylic acid groups (broad SMARTS) is 1. The molecule has 3 N–H and O–H groups in total. The van der Waals surface area contributed by atoms with Gasteiger partial charge in [-0.2, -0.15) is 4.68 Å². The number of hydrogen-bond donors (Lipinski definition) is 2. The molecule has 2 heterocycles. The first-order valence-corrected chi connectivity index (χ1v) is 4.88. The monoisotopic (exact) mass is 233 g/mol. The van der Waals surface area contributed by atoms with Gasteiger partial charge in [-0.3, -0.25) is 0 Å². The Labute approximate surface area is 96.9 Å². The van der Waals surface area contributed by atoms with Gasteiger partial charge in [-0.15, -0.1) is 5.10 Å². The maximum Gasteiger partial charge on any atom is 0.337 e. The van der Waals surface area contributed by atoms with Crippen LogP contribution in [0.5, 0.6) is 0 Å². The van der Waals surface area contributed by atoms with Crippen LogP contribution in [0.4, 0.5) is 5.69 Å². The Morgan fingerprint density at radius 1 is 1.47 bits per heavy atom. The van der Waals surface area contributed by atoms with Gasteiger partial charge in [0, 0.05) is 0 Å². The Morgan fingerprint density at radius 3 is 2.71 bits per heavy atom. The molecule has 0 saturated carbocycles. The number of carboxylic acids is 1. The molecular weight excluding hydrogens is 222 g/mol. The highest BCUT2D eigenvalue weighted by molar-refractivity contribution is 5.93. The number of aryl methyl sites for hydroxylation is 2. The topological polar surface area (TPSA) is 107 Å². The standard InChI is InChI=1S/C10H11N5O2/c1-5-13-6(2)15(14-5)9-3-7(10(16)17)8(11)4-12-9/h3-4H,11H2,1-2H3,(H,16,17). The third kappa shape index (κ3) is 1.94. The van der Waals surface area contributed by atoms with E-state index in [-0.39, 0.29) is 11.3 Å². The number of hydrogen-bond acceptors (Lipinski definition) is 5. The van der Waals surface area contributed by atoms with E-state index in [9.17, 15) is 4.79 Å². The van der Waals surface area contributed by atoms with E-state index in [0.29, 0.717) is 17.5 Å². The first kappa shape index (κ1) is 11.1. The van der Waals surface area contributed by atoms with Crippen molar-refractivity contribution in [2.75, 3.05) is 5.73 Å². The van der Waals surface area contributed by atoms with E-state index in [2.05, 4.69) is 15.1 Å². The summed E-state index contributed by atoms with van der Waals surface area (Å²) in [6.45, 7) is 3.51. The minimum atomic E-state index is -1.10. The van der Waals surface area contributed by atoms with Gasteiger partial charge in [0.1, 0.15) is 11.6 Å². The smallest absolute Gasteiger partial charge is 0.337 e. The second-order valence-corrected chi connectivity index (χ2v) is 3.55. The molecule has 0 atom stereocenters. The number of nitrogens with two attached hydrogens (primary N) is 1. The van der Waals surface area contributed by atoms with Gasteiger partial charge in [-0.1, -0.05) is 0 Å². The zero-order valence-electron chi connectivity index (χ0n) is 9.38. The van der Waals surface area contributed by atoms with E-state index >= 15 is 0 Å². The molecule has 0 saturated heterocycles. The summed E-state index contributed by atoms with van der Waals surface area (Å²) < 4.78 is 1.47. The predicted molar refractivity (Wildman–Crippen MR) is 60.0 cm³/mol. The second-order valence-electron chi connectivity index (χ2n) is 3.55. The molecule has 2 aromatic heterocycles. The number of anilines is 1. The largest absolute Gasteiger partial charge is 0.478 e. The summed E-state index contributed by atoms with van der Waals surface area (Å²) in [5.74, 6) is 0.518. The van der Waals surface area contributed by atoms with Crippen LogP contribution in [0.25, 0.3) is 5.82 Å². The van der Waals surface area contributed by atoms with E-state index in [1.165, 1.54) is 16.9 Å². The predicted octanol–water partition coefficient (Wildman–Crippen LogP) is 0.560. The summed E-state index contributed by atoms with van der Waals surface area (Å²) in [5.41, 5.74) is 5.65. The van der Waals surface area contributed by atoms with Crippen LogP contribution in [0.15, 0.2) is 12.3 Å². The lowest BCUT2D eigenvalue weighted by Gasteiger charge is -2.05. The Balaban J connectivity index is 2.57. The number of rotatable bonds is 2. The average Bonchev–Trinajstić information content (AvgIpc) is 2.58. The van der Waals surface area contributed by atoms with Crippen LogP contribution in [0, 0.1) is 13.8 Å². The fourth-order valence-electron chi connectivity index (χ4n) is 1.49. The van der Waals surface area contributed by atoms with Crippen molar-refractivity contribution in [1.29, 1.82) is 0 Å². The van der Waals surface area contributed by atoms with Crippen molar-refractivity contribution >= 4 is 11.7 Å². The van der Waals surface area contributed by atoms with E-state index in [0.717, 1.165) is 0 Å². The molecule has 7 heteroatoms. The van der Waals surface area contributed by atoms with Crippen molar-refractivity contribution < 1.29 is 9.90 Å². The van der Waals surface area contributed by atoms with Crippen LogP contribution in [0.2, 0.25) is 0 Å². The number of pyridine rings is 1. The van der Waals surface area contributed by atoms with Crippen molar-refractivity contribution in [3.05, 3.63) is 29.5 Å². The van der Waals surface area contributed by atoms with E-state index in [1.807, 2.05) is 0 Å². The average molecular weight is 233 g/mol. The Kier molecular flexibility index (Phi) is 2.51. The normalized spacial score (nSPS) is 10.5. The first-order chi connectivity index (χ1) is 7.99. The second kappa shape index (κ2) is 3.85.